The SMILES string of the molecule is CC(C)CN(CC(C)C)S(=O)(=O)c1ccc2c(c1)[C@@H](N(Cc1ncc[nH]1)c1ccc(Cl)cc1)[C@H](O)C(C)(C)O2. The molecule has 2 heterocycles. The molecule has 39 heavy (non-hydrogen) atoms. The lowest BCUT2D eigenvalue weighted by atomic mass is 9.85. The molecular weight excluding hydrogens is 536 g/mol. The maximum Gasteiger partial charge on any atom is 0.243 e. The van der Waals surface area contributed by atoms with Gasteiger partial charge in [-0.2, -0.15) is 4.31 Å². The average Bonchev–Trinajstić information content (AvgIpc) is 3.36. The van der Waals surface area contributed by atoms with Crippen LogP contribution >= 0.6 is 11.6 Å². The zero-order valence-electron chi connectivity index (χ0n) is 23.4. The molecule has 212 valence electrons. The summed E-state index contributed by atoms with van der Waals surface area (Å²) in [5, 5.41) is 12.3. The molecule has 0 amide bonds. The van der Waals surface area contributed by atoms with Crippen LogP contribution in [-0.4, -0.2) is 52.6 Å². The first-order chi connectivity index (χ1) is 18.3. The van der Waals surface area contributed by atoms with Gasteiger partial charge in [0.2, 0.25) is 10.0 Å². The van der Waals surface area contributed by atoms with Crippen LogP contribution in [0.1, 0.15) is 59.0 Å². The minimum absolute atomic E-state index is 0.170. The van der Waals surface area contributed by atoms with Crippen LogP contribution in [0.4, 0.5) is 5.69 Å². The lowest BCUT2D eigenvalue weighted by Crippen LogP contribution is -2.53. The lowest BCUT2D eigenvalue weighted by Gasteiger charge is -2.47. The molecule has 0 fully saturated rings. The van der Waals surface area contributed by atoms with Gasteiger partial charge in [-0.3, -0.25) is 0 Å². The van der Waals surface area contributed by atoms with Crippen molar-refractivity contribution in [1.82, 2.24) is 14.3 Å². The van der Waals surface area contributed by atoms with E-state index in [1.165, 1.54) is 0 Å². The zero-order valence-corrected chi connectivity index (χ0v) is 25.0. The zero-order chi connectivity index (χ0) is 28.5. The number of aromatic nitrogens is 2. The number of imidazole rings is 1. The van der Waals surface area contributed by atoms with Crippen molar-refractivity contribution >= 4 is 27.3 Å². The van der Waals surface area contributed by atoms with Crippen LogP contribution in [-0.2, 0) is 16.6 Å². The molecule has 0 spiro atoms. The molecule has 0 unspecified atom stereocenters. The van der Waals surface area contributed by atoms with Crippen LogP contribution < -0.4 is 9.64 Å². The predicted octanol–water partition coefficient (Wildman–Crippen LogP) is 5.65. The van der Waals surface area contributed by atoms with Crippen LogP contribution in [0.25, 0.3) is 0 Å². The number of aromatic amines is 1. The molecule has 0 saturated heterocycles. The van der Waals surface area contributed by atoms with Crippen LogP contribution in [0.5, 0.6) is 5.75 Å². The van der Waals surface area contributed by atoms with Crippen molar-refractivity contribution in [3.8, 4) is 5.75 Å². The van der Waals surface area contributed by atoms with Crippen molar-refractivity contribution in [1.29, 1.82) is 0 Å². The molecule has 0 radical (unpaired) electrons. The van der Waals surface area contributed by atoms with Crippen molar-refractivity contribution in [2.45, 2.75) is 70.7 Å². The second kappa shape index (κ2) is 11.5. The normalized spacial score (nSPS) is 18.8. The topological polar surface area (TPSA) is 98.8 Å². The third-order valence-electron chi connectivity index (χ3n) is 6.83. The number of fused-ring (bicyclic) bond motifs is 1. The number of hydrogen-bond donors (Lipinski definition) is 2. The van der Waals surface area contributed by atoms with E-state index in [1.807, 2.05) is 58.6 Å². The van der Waals surface area contributed by atoms with E-state index >= 15 is 0 Å². The number of rotatable bonds is 10. The van der Waals surface area contributed by atoms with E-state index < -0.39 is 27.8 Å². The smallest absolute Gasteiger partial charge is 0.243 e. The van der Waals surface area contributed by atoms with Crippen molar-refractivity contribution in [2.24, 2.45) is 11.8 Å². The first-order valence-electron chi connectivity index (χ1n) is 13.3. The van der Waals surface area contributed by atoms with Crippen LogP contribution in [0, 0.1) is 11.8 Å². The fraction of sp³-hybridized carbons (Fsp3) is 0.483. The Balaban J connectivity index is 1.86. The molecule has 3 aromatic rings. The summed E-state index contributed by atoms with van der Waals surface area (Å²) in [5.74, 6) is 1.57. The molecule has 1 aliphatic rings. The Hall–Kier alpha value is -2.59. The van der Waals surface area contributed by atoms with E-state index in [0.29, 0.717) is 41.8 Å². The van der Waals surface area contributed by atoms with Gasteiger partial charge < -0.3 is 19.7 Å². The summed E-state index contributed by atoms with van der Waals surface area (Å²) in [6, 6.07) is 11.7. The third-order valence-corrected chi connectivity index (χ3v) is 8.91. The first-order valence-corrected chi connectivity index (χ1v) is 15.1. The van der Waals surface area contributed by atoms with Crippen LogP contribution in [0.15, 0.2) is 59.8 Å². The first kappa shape index (κ1) is 29.4. The van der Waals surface area contributed by atoms with Gasteiger partial charge in [0.1, 0.15) is 23.3 Å². The minimum atomic E-state index is -3.80. The van der Waals surface area contributed by atoms with E-state index in [-0.39, 0.29) is 16.7 Å². The number of halogens is 1. The summed E-state index contributed by atoms with van der Waals surface area (Å²) in [5.41, 5.74) is 0.462. The number of aliphatic hydroxyl groups is 1. The van der Waals surface area contributed by atoms with Gasteiger partial charge in [0, 0.05) is 41.8 Å². The molecule has 2 N–H and O–H groups in total. The van der Waals surface area contributed by atoms with Gasteiger partial charge in [0.15, 0.2) is 0 Å². The van der Waals surface area contributed by atoms with E-state index in [2.05, 4.69) is 9.97 Å². The van der Waals surface area contributed by atoms with E-state index in [4.69, 9.17) is 16.3 Å². The summed E-state index contributed by atoms with van der Waals surface area (Å²) < 4.78 is 35.6. The van der Waals surface area contributed by atoms with Gasteiger partial charge in [-0.15, -0.1) is 0 Å². The van der Waals surface area contributed by atoms with Gasteiger partial charge >= 0.3 is 0 Å². The third kappa shape index (κ3) is 6.43. The second-order valence-electron chi connectivity index (χ2n) is 11.5. The molecule has 0 saturated carbocycles. The Morgan fingerprint density at radius 3 is 2.28 bits per heavy atom. The van der Waals surface area contributed by atoms with Gasteiger partial charge in [0.25, 0.3) is 0 Å². The standard InChI is InChI=1S/C29H39ClN4O4S/c1-19(2)16-33(17-20(3)4)39(36,37)23-11-12-25-24(15-23)27(28(35)29(5,6)38-25)34(18-26-31-13-14-32-26)22-9-7-21(30)8-10-22/h7-15,19-20,27-28,35H,16-18H2,1-6H3,(H,31,32)/t27-,28+/m1/s1. The quantitative estimate of drug-likeness (QED) is 0.325. The summed E-state index contributed by atoms with van der Waals surface area (Å²) in [6.07, 6.45) is 2.43. The number of aliphatic hydroxyl groups excluding tert-OH is 1. The number of sulfonamides is 1. The number of nitrogens with one attached hydrogen (secondary N) is 1. The largest absolute Gasteiger partial charge is 0.485 e. The van der Waals surface area contributed by atoms with Gasteiger partial charge in [-0.1, -0.05) is 39.3 Å². The Labute approximate surface area is 237 Å². The lowest BCUT2D eigenvalue weighted by molar-refractivity contribution is -0.0591. The van der Waals surface area contributed by atoms with Gasteiger partial charge in [0.05, 0.1) is 17.5 Å². The summed E-state index contributed by atoms with van der Waals surface area (Å²) in [4.78, 5) is 9.74. The number of nitrogens with zero attached hydrogens (tertiary/aromatic N) is 3. The van der Waals surface area contributed by atoms with Gasteiger partial charge in [-0.05, 0) is 68.1 Å². The van der Waals surface area contributed by atoms with Crippen molar-refractivity contribution in [3.05, 3.63) is 71.3 Å². The Morgan fingerprint density at radius 1 is 1.08 bits per heavy atom. The number of anilines is 1. The molecule has 2 atom stereocenters. The maximum absolute atomic E-state index is 13.9. The van der Waals surface area contributed by atoms with Crippen molar-refractivity contribution in [3.63, 3.8) is 0 Å². The van der Waals surface area contributed by atoms with Crippen LogP contribution in [0.2, 0.25) is 5.02 Å². The highest BCUT2D eigenvalue weighted by Crippen LogP contribution is 2.46. The number of H-pyrrole nitrogens is 1. The number of hydrogen-bond acceptors (Lipinski definition) is 6. The molecule has 1 aromatic heterocycles. The predicted molar refractivity (Wildman–Crippen MR) is 155 cm³/mol. The molecule has 8 nitrogen and oxygen atoms in total. The van der Waals surface area contributed by atoms with Gasteiger partial charge in [-0.25, -0.2) is 13.4 Å². The van der Waals surface area contributed by atoms with E-state index in [9.17, 15) is 13.5 Å². The fourth-order valence-corrected chi connectivity index (χ4v) is 6.94. The summed E-state index contributed by atoms with van der Waals surface area (Å²) in [7, 11) is -3.80. The van der Waals surface area contributed by atoms with Crippen LogP contribution in [0.3, 0.4) is 0 Å². The Kier molecular flexibility index (Phi) is 8.66. The summed E-state index contributed by atoms with van der Waals surface area (Å²) >= 11 is 6.19. The molecule has 1 aliphatic heterocycles. The Morgan fingerprint density at radius 2 is 1.72 bits per heavy atom. The molecule has 0 aliphatic carbocycles. The molecule has 4 rings (SSSR count). The average molecular weight is 575 g/mol. The van der Waals surface area contributed by atoms with Crippen molar-refractivity contribution in [2.75, 3.05) is 18.0 Å². The highest BCUT2D eigenvalue weighted by molar-refractivity contribution is 7.89. The molecule has 10 heteroatoms. The minimum Gasteiger partial charge on any atom is -0.485 e. The van der Waals surface area contributed by atoms with E-state index in [1.54, 1.807) is 47.0 Å². The van der Waals surface area contributed by atoms with E-state index in [0.717, 1.165) is 5.69 Å². The fourth-order valence-electron chi connectivity index (χ4n) is 5.01. The van der Waals surface area contributed by atoms with Crippen molar-refractivity contribution < 1.29 is 18.3 Å². The summed E-state index contributed by atoms with van der Waals surface area (Å²) in [6.45, 7) is 12.9. The Bertz CT molecular complexity index is 1350. The molecule has 2 aromatic carbocycles. The highest BCUT2D eigenvalue weighted by atomic mass is 35.5. The second-order valence-corrected chi connectivity index (χ2v) is 13.9. The number of benzene rings is 2. The maximum atomic E-state index is 13.9. The monoisotopic (exact) mass is 574 g/mol. The molecule has 0 bridgehead atoms. The highest BCUT2D eigenvalue weighted by Gasteiger charge is 2.46. The molecular formula is C29H39ClN4O4S. The number of ether oxygens (including phenoxy) is 1.